The van der Waals surface area contributed by atoms with E-state index in [1.165, 1.54) is 5.56 Å². The lowest BCUT2D eigenvalue weighted by Crippen LogP contribution is -2.32. The van der Waals surface area contributed by atoms with Crippen molar-refractivity contribution in [2.45, 2.75) is 38.5 Å². The molecule has 0 radical (unpaired) electrons. The van der Waals surface area contributed by atoms with Crippen molar-refractivity contribution in [1.82, 2.24) is 4.90 Å². The molecule has 0 bridgehead atoms. The second-order valence-corrected chi connectivity index (χ2v) is 8.32. The minimum atomic E-state index is -0.562. The predicted octanol–water partition coefficient (Wildman–Crippen LogP) is 5.08. The monoisotopic (exact) mass is 424 g/mol. The van der Waals surface area contributed by atoms with Crippen molar-refractivity contribution < 1.29 is 14.2 Å². The number of ether oxygens (including phenoxy) is 3. The Morgan fingerprint density at radius 1 is 0.968 bits per heavy atom. The van der Waals surface area contributed by atoms with Crippen molar-refractivity contribution in [3.05, 3.63) is 53.6 Å². The van der Waals surface area contributed by atoms with E-state index in [1.54, 1.807) is 21.3 Å². The Balaban J connectivity index is 2.02. The summed E-state index contributed by atoms with van der Waals surface area (Å²) < 4.78 is 16.2. The molecule has 2 aromatic carbocycles. The summed E-state index contributed by atoms with van der Waals surface area (Å²) >= 11 is 0. The highest BCUT2D eigenvalue weighted by Gasteiger charge is 2.36. The van der Waals surface area contributed by atoms with E-state index in [-0.39, 0.29) is 5.92 Å². The van der Waals surface area contributed by atoms with Gasteiger partial charge in [0.05, 0.1) is 32.8 Å². The molecule has 0 spiro atoms. The maximum Gasteiger partial charge on any atom is 0.161 e. The van der Waals surface area contributed by atoms with Crippen LogP contribution in [0.25, 0.3) is 0 Å². The Morgan fingerprint density at radius 2 is 1.71 bits per heavy atom. The van der Waals surface area contributed by atoms with Crippen molar-refractivity contribution in [3.8, 4) is 23.3 Å². The van der Waals surface area contributed by atoms with Gasteiger partial charge in [0, 0.05) is 6.54 Å². The van der Waals surface area contributed by atoms with E-state index >= 15 is 0 Å². The highest BCUT2D eigenvalue weighted by molar-refractivity contribution is 5.47. The molecular weight excluding hydrogens is 388 g/mol. The van der Waals surface area contributed by atoms with E-state index in [2.05, 4.69) is 44.0 Å². The van der Waals surface area contributed by atoms with Crippen LogP contribution in [-0.2, 0) is 11.8 Å². The van der Waals surface area contributed by atoms with Crippen molar-refractivity contribution in [2.24, 2.45) is 5.92 Å². The first-order valence-electron chi connectivity index (χ1n) is 10.9. The lowest BCUT2D eigenvalue weighted by Gasteiger charge is -2.32. The van der Waals surface area contributed by atoms with Crippen LogP contribution in [0.4, 0.5) is 0 Å². The van der Waals surface area contributed by atoms with Crippen LogP contribution < -0.4 is 14.2 Å². The van der Waals surface area contributed by atoms with Crippen LogP contribution in [0.3, 0.4) is 0 Å². The second kappa shape index (κ2) is 11.6. The van der Waals surface area contributed by atoms with E-state index in [1.807, 2.05) is 30.3 Å². The molecule has 0 aliphatic rings. The van der Waals surface area contributed by atoms with Gasteiger partial charge >= 0.3 is 0 Å². The number of nitriles is 1. The molecule has 0 N–H and O–H groups in total. The predicted molar refractivity (Wildman–Crippen MR) is 125 cm³/mol. The van der Waals surface area contributed by atoms with Crippen LogP contribution in [0.15, 0.2) is 42.5 Å². The summed E-state index contributed by atoms with van der Waals surface area (Å²) in [4.78, 5) is 2.33. The van der Waals surface area contributed by atoms with Crippen LogP contribution in [-0.4, -0.2) is 46.4 Å². The molecule has 0 saturated heterocycles. The summed E-state index contributed by atoms with van der Waals surface area (Å²) in [5, 5.41) is 10.2. The zero-order valence-electron chi connectivity index (χ0n) is 19.8. The lowest BCUT2D eigenvalue weighted by molar-refractivity contribution is 0.292. The average Bonchev–Trinajstić information content (AvgIpc) is 2.80. The summed E-state index contributed by atoms with van der Waals surface area (Å²) in [5.74, 6) is 2.42. The first-order valence-corrected chi connectivity index (χ1v) is 10.9. The van der Waals surface area contributed by atoms with Gasteiger partial charge in [0.1, 0.15) is 5.75 Å². The number of benzene rings is 2. The molecule has 1 atom stereocenters. The number of likely N-dealkylation sites (N-methyl/N-ethyl adjacent to an activating group) is 1. The van der Waals surface area contributed by atoms with E-state index in [9.17, 15) is 5.26 Å². The molecule has 168 valence electrons. The van der Waals surface area contributed by atoms with Gasteiger partial charge in [-0.05, 0) is 74.2 Å². The fourth-order valence-corrected chi connectivity index (χ4v) is 4.02. The molecule has 31 heavy (non-hydrogen) atoms. The van der Waals surface area contributed by atoms with Gasteiger partial charge in [0.2, 0.25) is 0 Å². The number of hydrogen-bond acceptors (Lipinski definition) is 5. The number of nitrogens with zero attached hydrogens (tertiary/aromatic N) is 2. The molecular formula is C26H36N2O3. The van der Waals surface area contributed by atoms with Gasteiger partial charge in [-0.1, -0.05) is 32.0 Å². The van der Waals surface area contributed by atoms with Crippen LogP contribution in [0, 0.1) is 17.2 Å². The second-order valence-electron chi connectivity index (χ2n) is 8.32. The van der Waals surface area contributed by atoms with Crippen molar-refractivity contribution in [2.75, 3.05) is 41.5 Å². The Bertz CT molecular complexity index is 875. The molecule has 5 heteroatoms. The number of hydrogen-bond donors (Lipinski definition) is 0. The Morgan fingerprint density at radius 3 is 2.32 bits per heavy atom. The lowest BCUT2D eigenvalue weighted by atomic mass is 9.69. The fourth-order valence-electron chi connectivity index (χ4n) is 4.02. The first-order chi connectivity index (χ1) is 14.9. The molecule has 0 unspecified atom stereocenters. The molecule has 0 aliphatic heterocycles. The summed E-state index contributed by atoms with van der Waals surface area (Å²) in [6.07, 6.45) is 2.70. The van der Waals surface area contributed by atoms with Gasteiger partial charge < -0.3 is 19.1 Å². The first kappa shape index (κ1) is 24.6. The zero-order chi connectivity index (χ0) is 22.9. The summed E-state index contributed by atoms with van der Waals surface area (Å²) in [5.41, 5.74) is 1.69. The molecule has 0 amide bonds. The van der Waals surface area contributed by atoms with Gasteiger partial charge in [-0.2, -0.15) is 5.26 Å². The molecule has 0 aliphatic carbocycles. The third-order valence-corrected chi connectivity index (χ3v) is 6.11. The molecule has 5 nitrogen and oxygen atoms in total. The van der Waals surface area contributed by atoms with Crippen molar-refractivity contribution in [3.63, 3.8) is 0 Å². The fraction of sp³-hybridized carbons (Fsp3) is 0.500. The quantitative estimate of drug-likeness (QED) is 0.475. The molecule has 2 rings (SSSR count). The van der Waals surface area contributed by atoms with Gasteiger partial charge in [0.25, 0.3) is 0 Å². The Labute approximate surface area is 187 Å². The zero-order valence-corrected chi connectivity index (χ0v) is 19.8. The molecule has 2 aromatic rings. The molecule has 0 fully saturated rings. The minimum absolute atomic E-state index is 0.178. The maximum absolute atomic E-state index is 10.2. The summed E-state index contributed by atoms with van der Waals surface area (Å²) in [6, 6.07) is 16.7. The van der Waals surface area contributed by atoms with Crippen molar-refractivity contribution >= 4 is 0 Å². The SMILES string of the molecule is COc1cccc(CCN(C)CCC[C@](C#N)(c2ccc(OC)c(OC)c2)C(C)C)c1. The van der Waals surface area contributed by atoms with Crippen molar-refractivity contribution in [1.29, 1.82) is 5.26 Å². The standard InChI is InChI=1S/C26H36N2O3/c1-20(2)26(19-27,22-11-12-24(30-5)25(18-22)31-6)14-8-15-28(3)16-13-21-9-7-10-23(17-21)29-4/h7,9-12,17-18,20H,8,13-16H2,1-6H3/t26-/m1/s1. The topological polar surface area (TPSA) is 54.7 Å². The number of methoxy groups -OCH3 is 3. The normalized spacial score (nSPS) is 13.0. The Hall–Kier alpha value is -2.71. The van der Waals surface area contributed by atoms with E-state index in [0.29, 0.717) is 11.5 Å². The van der Waals surface area contributed by atoms with E-state index in [4.69, 9.17) is 14.2 Å². The molecule has 0 heterocycles. The molecule has 0 aromatic heterocycles. The smallest absolute Gasteiger partial charge is 0.161 e. The average molecular weight is 425 g/mol. The minimum Gasteiger partial charge on any atom is -0.497 e. The van der Waals surface area contributed by atoms with Crippen LogP contribution in [0.5, 0.6) is 17.2 Å². The van der Waals surface area contributed by atoms with Gasteiger partial charge in [0.15, 0.2) is 11.5 Å². The van der Waals surface area contributed by atoms with E-state index < -0.39 is 5.41 Å². The van der Waals surface area contributed by atoms with Gasteiger partial charge in [-0.3, -0.25) is 0 Å². The summed E-state index contributed by atoms with van der Waals surface area (Å²) in [6.45, 7) is 6.14. The highest BCUT2D eigenvalue weighted by atomic mass is 16.5. The van der Waals surface area contributed by atoms with Crippen LogP contribution >= 0.6 is 0 Å². The molecule has 0 saturated carbocycles. The van der Waals surface area contributed by atoms with Gasteiger partial charge in [-0.15, -0.1) is 0 Å². The largest absolute Gasteiger partial charge is 0.497 e. The van der Waals surface area contributed by atoms with Gasteiger partial charge in [-0.25, -0.2) is 0 Å². The maximum atomic E-state index is 10.2. The highest BCUT2D eigenvalue weighted by Crippen LogP contribution is 2.40. The summed E-state index contributed by atoms with van der Waals surface area (Å²) in [7, 11) is 7.08. The van der Waals surface area contributed by atoms with Crippen LogP contribution in [0.1, 0.15) is 37.8 Å². The third-order valence-electron chi connectivity index (χ3n) is 6.11. The van der Waals surface area contributed by atoms with E-state index in [0.717, 1.165) is 43.7 Å². The third kappa shape index (κ3) is 6.15. The van der Waals surface area contributed by atoms with Crippen LogP contribution in [0.2, 0.25) is 0 Å². The Kier molecular flexibility index (Phi) is 9.21. The number of rotatable bonds is 12.